The van der Waals surface area contributed by atoms with Crippen molar-refractivity contribution in [2.75, 3.05) is 39.3 Å². The lowest BCUT2D eigenvalue weighted by Crippen LogP contribution is -2.54. The van der Waals surface area contributed by atoms with Gasteiger partial charge in [0.2, 0.25) is 5.91 Å². The SMILES string of the molecule is C[C@H]1CNCCN1CC(=O)NC1CCN(C2CC2)CC1.Cl.Cl. The Hall–Kier alpha value is -0.0700. The Morgan fingerprint density at radius 3 is 2.41 bits per heavy atom. The fourth-order valence-electron chi connectivity index (χ4n) is 3.42. The first-order valence-electron chi connectivity index (χ1n) is 8.20. The highest BCUT2D eigenvalue weighted by molar-refractivity contribution is 5.85. The number of nitrogens with zero attached hydrogens (tertiary/aromatic N) is 2. The van der Waals surface area contributed by atoms with Crippen LogP contribution in [0, 0.1) is 0 Å². The maximum Gasteiger partial charge on any atom is 0.234 e. The van der Waals surface area contributed by atoms with Crippen molar-refractivity contribution in [3.05, 3.63) is 0 Å². The Bertz CT molecular complexity index is 346. The van der Waals surface area contributed by atoms with E-state index in [0.29, 0.717) is 18.6 Å². The number of likely N-dealkylation sites (tertiary alicyclic amines) is 1. The molecular weight excluding hydrogens is 323 g/mol. The van der Waals surface area contributed by atoms with Crippen LogP contribution < -0.4 is 10.6 Å². The number of hydrogen-bond acceptors (Lipinski definition) is 4. The van der Waals surface area contributed by atoms with Crippen LogP contribution in [0.2, 0.25) is 0 Å². The van der Waals surface area contributed by atoms with E-state index in [4.69, 9.17) is 0 Å². The van der Waals surface area contributed by atoms with Gasteiger partial charge in [0.05, 0.1) is 6.54 Å². The van der Waals surface area contributed by atoms with Gasteiger partial charge < -0.3 is 15.5 Å². The van der Waals surface area contributed by atoms with Crippen LogP contribution in [0.25, 0.3) is 0 Å². The lowest BCUT2D eigenvalue weighted by molar-refractivity contribution is -0.124. The Labute approximate surface area is 146 Å². The predicted octanol–water partition coefficient (Wildman–Crippen LogP) is 0.867. The maximum absolute atomic E-state index is 12.2. The van der Waals surface area contributed by atoms with E-state index in [2.05, 4.69) is 27.4 Å². The smallest absolute Gasteiger partial charge is 0.234 e. The zero-order chi connectivity index (χ0) is 13.9. The van der Waals surface area contributed by atoms with Crippen molar-refractivity contribution < 1.29 is 4.79 Å². The Morgan fingerprint density at radius 1 is 1.14 bits per heavy atom. The summed E-state index contributed by atoms with van der Waals surface area (Å²) >= 11 is 0. The molecule has 1 saturated carbocycles. The van der Waals surface area contributed by atoms with Crippen molar-refractivity contribution in [2.24, 2.45) is 0 Å². The third-order valence-electron chi connectivity index (χ3n) is 4.94. The summed E-state index contributed by atoms with van der Waals surface area (Å²) in [6.45, 7) is 8.05. The van der Waals surface area contributed by atoms with Crippen molar-refractivity contribution in [3.63, 3.8) is 0 Å². The molecular formula is C15H30Cl2N4O. The van der Waals surface area contributed by atoms with Gasteiger partial charge in [-0.3, -0.25) is 9.69 Å². The number of amides is 1. The van der Waals surface area contributed by atoms with E-state index in [0.717, 1.165) is 38.5 Å². The lowest BCUT2D eigenvalue weighted by Gasteiger charge is -2.35. The van der Waals surface area contributed by atoms with E-state index in [1.807, 2.05) is 0 Å². The van der Waals surface area contributed by atoms with Gasteiger partial charge in [0.15, 0.2) is 0 Å². The average molecular weight is 353 g/mol. The largest absolute Gasteiger partial charge is 0.352 e. The quantitative estimate of drug-likeness (QED) is 0.787. The summed E-state index contributed by atoms with van der Waals surface area (Å²) in [7, 11) is 0. The normalized spacial score (nSPS) is 27.6. The highest BCUT2D eigenvalue weighted by Gasteiger charge is 2.32. The van der Waals surface area contributed by atoms with E-state index in [-0.39, 0.29) is 30.7 Å². The van der Waals surface area contributed by atoms with Crippen LogP contribution in [0.3, 0.4) is 0 Å². The lowest BCUT2D eigenvalue weighted by atomic mass is 10.0. The number of nitrogens with one attached hydrogen (secondary N) is 2. The van der Waals surface area contributed by atoms with Gasteiger partial charge in [0, 0.05) is 50.8 Å². The van der Waals surface area contributed by atoms with Gasteiger partial charge in [-0.2, -0.15) is 0 Å². The zero-order valence-corrected chi connectivity index (χ0v) is 15.1. The molecule has 0 aromatic heterocycles. The van der Waals surface area contributed by atoms with Crippen molar-refractivity contribution in [2.45, 2.75) is 50.7 Å². The standard InChI is InChI=1S/C15H28N4O.2ClH/c1-12-10-16-6-9-19(12)11-15(20)17-13-4-7-18(8-5-13)14-2-3-14;;/h12-14,16H,2-11H2,1H3,(H,17,20);2*1H/t12-;;/m0../s1. The van der Waals surface area contributed by atoms with Gasteiger partial charge in [0.1, 0.15) is 0 Å². The highest BCUT2D eigenvalue weighted by Crippen LogP contribution is 2.29. The average Bonchev–Trinajstić information content (AvgIpc) is 3.27. The molecule has 130 valence electrons. The minimum Gasteiger partial charge on any atom is -0.352 e. The van der Waals surface area contributed by atoms with Gasteiger partial charge in [-0.05, 0) is 32.6 Å². The Morgan fingerprint density at radius 2 is 1.82 bits per heavy atom. The summed E-state index contributed by atoms with van der Waals surface area (Å²) in [4.78, 5) is 17.0. The molecule has 0 bridgehead atoms. The van der Waals surface area contributed by atoms with Crippen LogP contribution in [0.15, 0.2) is 0 Å². The zero-order valence-electron chi connectivity index (χ0n) is 13.4. The number of carbonyl (C=O) groups excluding carboxylic acids is 1. The molecule has 3 rings (SSSR count). The molecule has 2 saturated heterocycles. The summed E-state index contributed by atoms with van der Waals surface area (Å²) in [5, 5.41) is 6.60. The molecule has 5 nitrogen and oxygen atoms in total. The number of halogens is 2. The number of piperidine rings is 1. The van der Waals surface area contributed by atoms with E-state index < -0.39 is 0 Å². The highest BCUT2D eigenvalue weighted by atomic mass is 35.5. The van der Waals surface area contributed by atoms with Crippen LogP contribution in [0.1, 0.15) is 32.6 Å². The first-order chi connectivity index (χ1) is 9.72. The van der Waals surface area contributed by atoms with Gasteiger partial charge in [-0.25, -0.2) is 0 Å². The van der Waals surface area contributed by atoms with Crippen LogP contribution >= 0.6 is 24.8 Å². The second kappa shape index (κ2) is 9.28. The molecule has 0 aromatic carbocycles. The Balaban J connectivity index is 0.00000121. The summed E-state index contributed by atoms with van der Waals surface area (Å²) in [5.74, 6) is 0.212. The minimum absolute atomic E-state index is 0. The van der Waals surface area contributed by atoms with Crippen molar-refractivity contribution >= 4 is 30.7 Å². The molecule has 1 atom stereocenters. The second-order valence-corrected chi connectivity index (χ2v) is 6.63. The van der Waals surface area contributed by atoms with E-state index >= 15 is 0 Å². The molecule has 2 N–H and O–H groups in total. The topological polar surface area (TPSA) is 47.6 Å². The van der Waals surface area contributed by atoms with Gasteiger partial charge in [-0.15, -0.1) is 24.8 Å². The molecule has 0 radical (unpaired) electrons. The maximum atomic E-state index is 12.2. The molecule has 1 aliphatic carbocycles. The molecule has 22 heavy (non-hydrogen) atoms. The summed E-state index contributed by atoms with van der Waals surface area (Å²) < 4.78 is 0. The fraction of sp³-hybridized carbons (Fsp3) is 0.933. The number of hydrogen-bond donors (Lipinski definition) is 2. The van der Waals surface area contributed by atoms with Crippen molar-refractivity contribution in [1.29, 1.82) is 0 Å². The molecule has 2 aliphatic heterocycles. The van der Waals surface area contributed by atoms with Gasteiger partial charge in [0.25, 0.3) is 0 Å². The van der Waals surface area contributed by atoms with Gasteiger partial charge >= 0.3 is 0 Å². The number of piperazine rings is 1. The third-order valence-corrected chi connectivity index (χ3v) is 4.94. The predicted molar refractivity (Wildman–Crippen MR) is 94.2 cm³/mol. The molecule has 2 heterocycles. The van der Waals surface area contributed by atoms with E-state index in [1.165, 1.54) is 25.9 Å². The van der Waals surface area contributed by atoms with Crippen molar-refractivity contribution in [1.82, 2.24) is 20.4 Å². The molecule has 0 aromatic rings. The van der Waals surface area contributed by atoms with Crippen LogP contribution in [-0.4, -0.2) is 73.1 Å². The fourth-order valence-corrected chi connectivity index (χ4v) is 3.42. The Kier molecular flexibility index (Phi) is 8.43. The first kappa shape index (κ1) is 20.0. The summed E-state index contributed by atoms with van der Waals surface area (Å²) in [5.41, 5.74) is 0. The number of carbonyl (C=O) groups is 1. The minimum atomic E-state index is 0. The van der Waals surface area contributed by atoms with E-state index in [1.54, 1.807) is 0 Å². The third kappa shape index (κ3) is 5.53. The van der Waals surface area contributed by atoms with Crippen LogP contribution in [-0.2, 0) is 4.79 Å². The molecule has 3 aliphatic rings. The van der Waals surface area contributed by atoms with Crippen LogP contribution in [0.4, 0.5) is 0 Å². The second-order valence-electron chi connectivity index (χ2n) is 6.63. The summed E-state index contributed by atoms with van der Waals surface area (Å²) in [6, 6.07) is 1.73. The molecule has 0 unspecified atom stereocenters. The van der Waals surface area contributed by atoms with Gasteiger partial charge in [-0.1, -0.05) is 0 Å². The molecule has 3 fully saturated rings. The monoisotopic (exact) mass is 352 g/mol. The van der Waals surface area contributed by atoms with E-state index in [9.17, 15) is 4.79 Å². The molecule has 1 amide bonds. The van der Waals surface area contributed by atoms with Crippen molar-refractivity contribution in [3.8, 4) is 0 Å². The molecule has 0 spiro atoms. The number of rotatable bonds is 4. The van der Waals surface area contributed by atoms with Crippen LogP contribution in [0.5, 0.6) is 0 Å². The first-order valence-corrected chi connectivity index (χ1v) is 8.20. The summed E-state index contributed by atoms with van der Waals surface area (Å²) in [6.07, 6.45) is 5.02. The molecule has 7 heteroatoms.